The number of hydrogen-bond acceptors (Lipinski definition) is 13. The van der Waals surface area contributed by atoms with Crippen LogP contribution in [0.25, 0.3) is 0 Å². The number of carbonyl (C=O) groups excluding carboxylic acids is 1. The van der Waals surface area contributed by atoms with Crippen molar-refractivity contribution in [2.45, 2.75) is 319 Å². The summed E-state index contributed by atoms with van der Waals surface area (Å²) in [6, 6.07) is -0.821. The molecule has 424 valence electrons. The van der Waals surface area contributed by atoms with Crippen molar-refractivity contribution in [2.24, 2.45) is 0 Å². The Morgan fingerprint density at radius 2 is 0.917 bits per heavy atom. The number of unbranched alkanes of at least 4 members (excludes halogenated alkanes) is 30. The van der Waals surface area contributed by atoms with Gasteiger partial charge in [-0.25, -0.2) is 0 Å². The van der Waals surface area contributed by atoms with E-state index < -0.39 is 86.8 Å². The van der Waals surface area contributed by atoms with E-state index in [1.54, 1.807) is 0 Å². The van der Waals surface area contributed by atoms with Gasteiger partial charge in [0.2, 0.25) is 5.91 Å². The largest absolute Gasteiger partial charge is 0.394 e. The van der Waals surface area contributed by atoms with Crippen molar-refractivity contribution in [3.8, 4) is 0 Å². The second kappa shape index (κ2) is 44.6. The summed E-state index contributed by atoms with van der Waals surface area (Å²) in [6.07, 6.45) is 36.3. The van der Waals surface area contributed by atoms with Crippen LogP contribution in [0.1, 0.15) is 245 Å². The molecule has 0 aromatic carbocycles. The van der Waals surface area contributed by atoms with Gasteiger partial charge in [-0.1, -0.05) is 218 Å². The van der Waals surface area contributed by atoms with Gasteiger partial charge in [-0.05, 0) is 44.9 Å². The molecule has 14 nitrogen and oxygen atoms in total. The van der Waals surface area contributed by atoms with Gasteiger partial charge in [-0.2, -0.15) is 0 Å². The molecular weight excluding hydrogens is 919 g/mol. The second-order valence-electron chi connectivity index (χ2n) is 21.1. The molecule has 2 heterocycles. The van der Waals surface area contributed by atoms with Crippen LogP contribution in [0.5, 0.6) is 0 Å². The molecule has 1 amide bonds. The molecule has 2 aliphatic rings. The Hall–Kier alpha value is -1.53. The Bertz CT molecular complexity index is 1300. The van der Waals surface area contributed by atoms with Gasteiger partial charge in [-0.3, -0.25) is 4.79 Å². The number of carbonyl (C=O) groups is 1. The fourth-order valence-electron chi connectivity index (χ4n) is 9.86. The van der Waals surface area contributed by atoms with Gasteiger partial charge in [0.25, 0.3) is 0 Å². The first-order chi connectivity index (χ1) is 35.1. The van der Waals surface area contributed by atoms with Crippen molar-refractivity contribution in [3.05, 3.63) is 24.3 Å². The topological polar surface area (TPSA) is 228 Å². The van der Waals surface area contributed by atoms with Crippen LogP contribution in [-0.4, -0.2) is 140 Å². The van der Waals surface area contributed by atoms with Crippen LogP contribution in [-0.2, 0) is 23.7 Å². The number of allylic oxidation sites excluding steroid dienone is 4. The molecular formula is C58H109NO13. The summed E-state index contributed by atoms with van der Waals surface area (Å²) in [4.78, 5) is 13.0. The van der Waals surface area contributed by atoms with Gasteiger partial charge in [0, 0.05) is 6.42 Å². The summed E-state index contributed by atoms with van der Waals surface area (Å²) >= 11 is 0. The van der Waals surface area contributed by atoms with Crippen molar-refractivity contribution in [2.75, 3.05) is 19.8 Å². The first-order valence-corrected chi connectivity index (χ1v) is 29.6. The fourth-order valence-corrected chi connectivity index (χ4v) is 9.86. The first-order valence-electron chi connectivity index (χ1n) is 29.6. The van der Waals surface area contributed by atoms with Crippen molar-refractivity contribution in [1.29, 1.82) is 0 Å². The number of aliphatic hydroxyl groups is 8. The van der Waals surface area contributed by atoms with Crippen LogP contribution in [0.2, 0.25) is 0 Å². The van der Waals surface area contributed by atoms with Crippen LogP contribution < -0.4 is 5.32 Å². The smallest absolute Gasteiger partial charge is 0.220 e. The number of rotatable bonds is 47. The molecule has 12 unspecified atom stereocenters. The van der Waals surface area contributed by atoms with E-state index in [0.29, 0.717) is 12.8 Å². The van der Waals surface area contributed by atoms with Gasteiger partial charge in [0.15, 0.2) is 12.6 Å². The highest BCUT2D eigenvalue weighted by Crippen LogP contribution is 2.30. The number of hydrogen-bond donors (Lipinski definition) is 9. The first kappa shape index (κ1) is 66.6. The molecule has 72 heavy (non-hydrogen) atoms. The normalized spacial score (nSPS) is 25.7. The van der Waals surface area contributed by atoms with E-state index in [-0.39, 0.29) is 12.5 Å². The zero-order valence-corrected chi connectivity index (χ0v) is 45.4. The van der Waals surface area contributed by atoms with E-state index in [2.05, 4.69) is 43.5 Å². The van der Waals surface area contributed by atoms with Crippen LogP contribution in [0, 0.1) is 0 Å². The lowest BCUT2D eigenvalue weighted by molar-refractivity contribution is -0.359. The maximum atomic E-state index is 13.0. The molecule has 2 aliphatic heterocycles. The molecule has 2 fully saturated rings. The van der Waals surface area contributed by atoms with E-state index in [9.17, 15) is 45.6 Å². The van der Waals surface area contributed by atoms with Crippen molar-refractivity contribution in [1.82, 2.24) is 5.32 Å². The van der Waals surface area contributed by atoms with E-state index in [1.165, 1.54) is 167 Å². The molecule has 0 radical (unpaired) electrons. The van der Waals surface area contributed by atoms with Crippen LogP contribution in [0.3, 0.4) is 0 Å². The van der Waals surface area contributed by atoms with Gasteiger partial charge in [0.05, 0.1) is 32.0 Å². The summed E-state index contributed by atoms with van der Waals surface area (Å²) in [5.74, 6) is -0.215. The zero-order chi connectivity index (χ0) is 52.4. The molecule has 9 N–H and O–H groups in total. The summed E-state index contributed by atoms with van der Waals surface area (Å²) in [5, 5.41) is 86.2. The molecule has 2 rings (SSSR count). The molecule has 0 aromatic rings. The standard InChI is InChI=1S/C58H109NO13/c1-3-5-7-8-9-10-11-12-13-14-15-16-17-18-19-20-21-22-23-24-25-26-27-28-29-30-31-32-33-34-35-36-37-38-40-42-50(63)59-46(47(62)41-39-6-4-2)45-69-57-55(68)53(66)56(49(44-61)71-57)72-58-54(67)52(65)51(64)48(43-60)70-58/h11-12,14-15,46-49,51-58,60-62,64-68H,3-10,13,16-45H2,1-2H3,(H,59,63)/b12-11-,15-14-. The molecule has 0 bridgehead atoms. The Morgan fingerprint density at radius 1 is 0.500 bits per heavy atom. The Balaban J connectivity index is 1.46. The number of nitrogens with one attached hydrogen (secondary N) is 1. The molecule has 0 saturated carbocycles. The van der Waals surface area contributed by atoms with E-state index in [1.807, 2.05) is 0 Å². The predicted octanol–water partition coefficient (Wildman–Crippen LogP) is 9.67. The number of aliphatic hydroxyl groups excluding tert-OH is 8. The molecule has 0 spiro atoms. The van der Waals surface area contributed by atoms with Gasteiger partial charge < -0.3 is 65.1 Å². The minimum atomic E-state index is -1.78. The number of amides is 1. The molecule has 12 atom stereocenters. The monoisotopic (exact) mass is 1030 g/mol. The Morgan fingerprint density at radius 3 is 1.39 bits per heavy atom. The van der Waals surface area contributed by atoms with Crippen molar-refractivity contribution in [3.63, 3.8) is 0 Å². The third-order valence-corrected chi connectivity index (χ3v) is 14.7. The SMILES string of the molecule is CCCCCCC/C=C\C/C=C\CCCCCCCCCCCCCCCCCCCCCCCCCC(=O)NC(COC1OC(CO)C(OC2OC(CO)C(O)C(O)C2O)C(O)C1O)C(O)CCCCC. The van der Waals surface area contributed by atoms with Gasteiger partial charge in [-0.15, -0.1) is 0 Å². The Labute approximate surface area is 437 Å². The lowest BCUT2D eigenvalue weighted by atomic mass is 9.97. The van der Waals surface area contributed by atoms with Crippen LogP contribution in [0.15, 0.2) is 24.3 Å². The van der Waals surface area contributed by atoms with E-state index in [4.69, 9.17) is 18.9 Å². The molecule has 0 aliphatic carbocycles. The maximum Gasteiger partial charge on any atom is 0.220 e. The third-order valence-electron chi connectivity index (χ3n) is 14.7. The van der Waals surface area contributed by atoms with Crippen molar-refractivity contribution >= 4 is 5.91 Å². The molecule has 14 heteroatoms. The highest BCUT2D eigenvalue weighted by molar-refractivity contribution is 5.76. The molecule has 2 saturated heterocycles. The van der Waals surface area contributed by atoms with E-state index in [0.717, 1.165) is 51.4 Å². The predicted molar refractivity (Wildman–Crippen MR) is 286 cm³/mol. The number of ether oxygens (including phenoxy) is 4. The van der Waals surface area contributed by atoms with Crippen LogP contribution in [0.4, 0.5) is 0 Å². The maximum absolute atomic E-state index is 13.0. The van der Waals surface area contributed by atoms with Crippen LogP contribution >= 0.6 is 0 Å². The average Bonchev–Trinajstić information content (AvgIpc) is 3.38. The second-order valence-corrected chi connectivity index (χ2v) is 21.1. The third kappa shape index (κ3) is 30.3. The van der Waals surface area contributed by atoms with Gasteiger partial charge >= 0.3 is 0 Å². The summed E-state index contributed by atoms with van der Waals surface area (Å²) < 4.78 is 22.6. The minimum Gasteiger partial charge on any atom is -0.394 e. The zero-order valence-electron chi connectivity index (χ0n) is 45.4. The van der Waals surface area contributed by atoms with Crippen molar-refractivity contribution < 1.29 is 64.6 Å². The van der Waals surface area contributed by atoms with Gasteiger partial charge in [0.1, 0.15) is 48.8 Å². The fraction of sp³-hybridized carbons (Fsp3) is 0.914. The quantitative estimate of drug-likeness (QED) is 0.0205. The Kier molecular flexibility index (Phi) is 41.2. The molecule has 0 aromatic heterocycles. The summed E-state index contributed by atoms with van der Waals surface area (Å²) in [7, 11) is 0. The lowest BCUT2D eigenvalue weighted by Crippen LogP contribution is -2.65. The highest BCUT2D eigenvalue weighted by atomic mass is 16.7. The highest BCUT2D eigenvalue weighted by Gasteiger charge is 2.51. The summed E-state index contributed by atoms with van der Waals surface area (Å²) in [5.41, 5.74) is 0. The average molecular weight is 1030 g/mol. The van der Waals surface area contributed by atoms with E-state index >= 15 is 0 Å². The summed E-state index contributed by atoms with van der Waals surface area (Å²) in [6.45, 7) is 2.68. The lowest BCUT2D eigenvalue weighted by Gasteiger charge is -2.46. The minimum absolute atomic E-state index is 0.215.